The standard InChI is InChI=1S/C27H30F2N2O3/c1-17(33)30-9-7-27(8-10-30)16-31(14-19-11-20(28)3-6-24(19)29)25(15-32)23-13-18-12-21(34-2)4-5-22(18)26(23)27/h3-6,11-12,25,32H,7-10,13-16H2,1-2H3/t25-/m0/s1. The van der Waals surface area contributed by atoms with Crippen LogP contribution in [0.3, 0.4) is 0 Å². The third-order valence-electron chi connectivity index (χ3n) is 7.88. The number of methoxy groups -OCH3 is 1. The number of halogens is 2. The Morgan fingerprint density at radius 3 is 2.62 bits per heavy atom. The second-order valence-corrected chi connectivity index (χ2v) is 9.73. The molecule has 1 atom stereocenters. The smallest absolute Gasteiger partial charge is 0.219 e. The third kappa shape index (κ3) is 3.81. The summed E-state index contributed by atoms with van der Waals surface area (Å²) >= 11 is 0. The summed E-state index contributed by atoms with van der Waals surface area (Å²) in [5.41, 5.74) is 4.82. The van der Waals surface area contributed by atoms with Crippen LogP contribution in [0.2, 0.25) is 0 Å². The Hall–Kier alpha value is -2.77. The van der Waals surface area contributed by atoms with E-state index >= 15 is 0 Å². The van der Waals surface area contributed by atoms with Gasteiger partial charge in [0.25, 0.3) is 0 Å². The minimum absolute atomic E-state index is 0.0725. The van der Waals surface area contributed by atoms with Crippen LogP contribution in [0.1, 0.15) is 36.5 Å². The van der Waals surface area contributed by atoms with Crippen LogP contribution in [0.5, 0.6) is 5.75 Å². The summed E-state index contributed by atoms with van der Waals surface area (Å²) < 4.78 is 33.9. The maximum absolute atomic E-state index is 14.6. The van der Waals surface area contributed by atoms with E-state index in [4.69, 9.17) is 4.74 Å². The van der Waals surface area contributed by atoms with Crippen LogP contribution < -0.4 is 4.74 Å². The predicted octanol–water partition coefficient (Wildman–Crippen LogP) is 3.79. The van der Waals surface area contributed by atoms with Gasteiger partial charge < -0.3 is 14.7 Å². The molecule has 2 aromatic rings. The number of rotatable bonds is 4. The summed E-state index contributed by atoms with van der Waals surface area (Å²) in [5, 5.41) is 10.5. The van der Waals surface area contributed by atoms with Crippen molar-refractivity contribution in [1.82, 2.24) is 9.80 Å². The van der Waals surface area contributed by atoms with Crippen molar-refractivity contribution in [2.24, 2.45) is 5.41 Å². The number of carbonyl (C=O) groups excluding carboxylic acids is 1. The first-order valence-corrected chi connectivity index (χ1v) is 11.8. The first-order chi connectivity index (χ1) is 16.3. The summed E-state index contributed by atoms with van der Waals surface area (Å²) in [4.78, 5) is 16.0. The average molecular weight is 469 g/mol. The molecule has 2 aromatic carbocycles. The van der Waals surface area contributed by atoms with E-state index in [9.17, 15) is 18.7 Å². The van der Waals surface area contributed by atoms with Crippen LogP contribution in [-0.4, -0.2) is 60.2 Å². The van der Waals surface area contributed by atoms with Gasteiger partial charge in [0, 0.05) is 44.1 Å². The van der Waals surface area contributed by atoms with E-state index in [0.717, 1.165) is 41.9 Å². The van der Waals surface area contributed by atoms with Crippen molar-refractivity contribution in [3.63, 3.8) is 0 Å². The quantitative estimate of drug-likeness (QED) is 0.742. The lowest BCUT2D eigenvalue weighted by atomic mass is 9.66. The fraction of sp³-hybridized carbons (Fsp3) is 0.444. The molecule has 3 aliphatic rings. The van der Waals surface area contributed by atoms with Gasteiger partial charge in [-0.1, -0.05) is 6.07 Å². The molecular formula is C27H30F2N2O3. The largest absolute Gasteiger partial charge is 0.497 e. The lowest BCUT2D eigenvalue weighted by Gasteiger charge is -2.51. The lowest BCUT2D eigenvalue weighted by Crippen LogP contribution is -2.54. The molecular weight excluding hydrogens is 438 g/mol. The Kier molecular flexibility index (Phi) is 5.94. The van der Waals surface area contributed by atoms with Gasteiger partial charge in [0.15, 0.2) is 0 Å². The van der Waals surface area contributed by atoms with Crippen LogP contribution in [-0.2, 0) is 17.8 Å². The number of piperidine rings is 1. The van der Waals surface area contributed by atoms with E-state index in [-0.39, 0.29) is 36.1 Å². The molecule has 34 heavy (non-hydrogen) atoms. The Bertz CT molecular complexity index is 1150. The number of carbonyl (C=O) groups is 1. The van der Waals surface area contributed by atoms with Crippen molar-refractivity contribution in [3.8, 4) is 5.75 Å². The van der Waals surface area contributed by atoms with Gasteiger partial charge in [0.05, 0.1) is 19.8 Å². The Morgan fingerprint density at radius 1 is 1.18 bits per heavy atom. The summed E-state index contributed by atoms with van der Waals surface area (Å²) in [7, 11) is 1.65. The predicted molar refractivity (Wildman–Crippen MR) is 125 cm³/mol. The number of benzene rings is 2. The molecule has 1 spiro atoms. The minimum atomic E-state index is -0.473. The topological polar surface area (TPSA) is 53.0 Å². The fourth-order valence-corrected chi connectivity index (χ4v) is 6.20. The molecule has 7 heteroatoms. The number of likely N-dealkylation sites (tertiary alicyclic amines) is 1. The maximum Gasteiger partial charge on any atom is 0.219 e. The van der Waals surface area contributed by atoms with Crippen LogP contribution in [0.4, 0.5) is 8.78 Å². The molecule has 180 valence electrons. The van der Waals surface area contributed by atoms with E-state index in [1.807, 2.05) is 11.0 Å². The van der Waals surface area contributed by atoms with Crippen molar-refractivity contribution >= 4 is 11.5 Å². The third-order valence-corrected chi connectivity index (χ3v) is 7.88. The highest BCUT2D eigenvalue weighted by molar-refractivity contribution is 5.83. The summed E-state index contributed by atoms with van der Waals surface area (Å²) in [6.45, 7) is 3.64. The van der Waals surface area contributed by atoms with E-state index in [2.05, 4.69) is 17.0 Å². The van der Waals surface area contributed by atoms with Crippen molar-refractivity contribution in [1.29, 1.82) is 0 Å². The molecule has 2 heterocycles. The van der Waals surface area contributed by atoms with Crippen molar-refractivity contribution in [3.05, 3.63) is 70.3 Å². The average Bonchev–Trinajstić information content (AvgIpc) is 3.21. The van der Waals surface area contributed by atoms with E-state index in [1.54, 1.807) is 14.0 Å². The van der Waals surface area contributed by atoms with Crippen LogP contribution in [0, 0.1) is 17.0 Å². The Morgan fingerprint density at radius 2 is 1.94 bits per heavy atom. The molecule has 1 N–H and O–H groups in total. The second kappa shape index (κ2) is 8.78. The van der Waals surface area contributed by atoms with Crippen molar-refractivity contribution < 1.29 is 23.4 Å². The van der Waals surface area contributed by atoms with E-state index < -0.39 is 11.6 Å². The van der Waals surface area contributed by atoms with Crippen LogP contribution >= 0.6 is 0 Å². The Labute approximate surface area is 198 Å². The van der Waals surface area contributed by atoms with Gasteiger partial charge in [-0.3, -0.25) is 9.69 Å². The van der Waals surface area contributed by atoms with Gasteiger partial charge in [-0.25, -0.2) is 8.78 Å². The van der Waals surface area contributed by atoms with E-state index in [0.29, 0.717) is 26.1 Å². The zero-order valence-corrected chi connectivity index (χ0v) is 19.6. The summed E-state index contributed by atoms with van der Waals surface area (Å²) in [6, 6.07) is 9.36. The number of aliphatic hydroxyl groups is 1. The maximum atomic E-state index is 14.6. The SMILES string of the molecule is COc1ccc2c(c1)CC1=C2C2(CCN(C(C)=O)CC2)CN(Cc2cc(F)ccc2F)[C@H]1CO. The number of hydrogen-bond acceptors (Lipinski definition) is 4. The highest BCUT2D eigenvalue weighted by atomic mass is 19.1. The first-order valence-electron chi connectivity index (χ1n) is 11.8. The zero-order chi connectivity index (χ0) is 24.0. The number of ether oxygens (including phenoxy) is 1. The molecule has 2 aliphatic heterocycles. The van der Waals surface area contributed by atoms with Gasteiger partial charge in [0.1, 0.15) is 17.4 Å². The molecule has 5 rings (SSSR count). The van der Waals surface area contributed by atoms with Gasteiger partial charge in [-0.15, -0.1) is 0 Å². The number of hydrogen-bond donors (Lipinski definition) is 1. The van der Waals surface area contributed by atoms with E-state index in [1.165, 1.54) is 17.2 Å². The number of aliphatic hydroxyl groups excluding tert-OH is 1. The molecule has 0 radical (unpaired) electrons. The molecule has 5 nitrogen and oxygen atoms in total. The molecule has 1 saturated heterocycles. The van der Waals surface area contributed by atoms with Crippen molar-refractivity contribution in [2.45, 2.75) is 38.8 Å². The lowest BCUT2D eigenvalue weighted by molar-refractivity contribution is -0.130. The molecule has 1 fully saturated rings. The summed E-state index contributed by atoms with van der Waals surface area (Å²) in [6.07, 6.45) is 2.27. The van der Waals surface area contributed by atoms with Crippen LogP contribution in [0.15, 0.2) is 42.0 Å². The van der Waals surface area contributed by atoms with Gasteiger partial charge in [-0.05, 0) is 71.9 Å². The zero-order valence-electron chi connectivity index (χ0n) is 19.6. The molecule has 0 aromatic heterocycles. The highest BCUT2D eigenvalue weighted by Crippen LogP contribution is 2.55. The highest BCUT2D eigenvalue weighted by Gasteiger charge is 2.49. The molecule has 0 saturated carbocycles. The number of amides is 1. The molecule has 0 bridgehead atoms. The minimum Gasteiger partial charge on any atom is -0.497 e. The molecule has 1 amide bonds. The monoisotopic (exact) mass is 468 g/mol. The molecule has 0 unspecified atom stereocenters. The van der Waals surface area contributed by atoms with Gasteiger partial charge in [0.2, 0.25) is 5.91 Å². The van der Waals surface area contributed by atoms with Crippen LogP contribution in [0.25, 0.3) is 5.57 Å². The fourth-order valence-electron chi connectivity index (χ4n) is 6.20. The number of fused-ring (bicyclic) bond motifs is 3. The molecule has 1 aliphatic carbocycles. The second-order valence-electron chi connectivity index (χ2n) is 9.73. The normalized spacial score (nSPS) is 21.6. The summed E-state index contributed by atoms with van der Waals surface area (Å²) in [5.74, 6) is -0.0573. The number of nitrogens with zero attached hydrogens (tertiary/aromatic N) is 2. The van der Waals surface area contributed by atoms with Gasteiger partial charge >= 0.3 is 0 Å². The van der Waals surface area contributed by atoms with Crippen molar-refractivity contribution in [2.75, 3.05) is 33.4 Å². The van der Waals surface area contributed by atoms with Gasteiger partial charge in [-0.2, -0.15) is 0 Å². The Balaban J connectivity index is 1.57. The first kappa shape index (κ1) is 23.0.